The Kier molecular flexibility index (Phi) is 7.31. The lowest BCUT2D eigenvalue weighted by atomic mass is 10.1. The predicted molar refractivity (Wildman–Crippen MR) is 111 cm³/mol. The number of benzene rings is 1. The van der Waals surface area contributed by atoms with E-state index in [0.717, 1.165) is 20.2 Å². The van der Waals surface area contributed by atoms with Crippen LogP contribution in [-0.4, -0.2) is 48.9 Å². The molecule has 1 aromatic rings. The zero-order valence-corrected chi connectivity index (χ0v) is 18.0. The summed E-state index contributed by atoms with van der Waals surface area (Å²) in [6.45, 7) is 5.39. The van der Waals surface area contributed by atoms with E-state index in [1.165, 1.54) is 21.1 Å². The highest BCUT2D eigenvalue weighted by Crippen LogP contribution is 2.37. The van der Waals surface area contributed by atoms with Gasteiger partial charge in [0, 0.05) is 0 Å². The number of esters is 1. The molecule has 1 saturated heterocycles. The van der Waals surface area contributed by atoms with Crippen molar-refractivity contribution in [3.63, 3.8) is 0 Å². The van der Waals surface area contributed by atoms with Crippen LogP contribution in [0.2, 0.25) is 0 Å². The third-order valence-corrected chi connectivity index (χ3v) is 5.33. The van der Waals surface area contributed by atoms with Gasteiger partial charge in [-0.15, -0.1) is 0 Å². The molecular weight excluding hydrogens is 485 g/mol. The molecule has 1 heterocycles. The number of hydrogen-bond donors (Lipinski definition) is 0. The number of halogens is 1. The molecule has 1 aliphatic rings. The zero-order chi connectivity index (χ0) is 20.1. The Hall–Kier alpha value is -2.01. The first kappa shape index (κ1) is 21.3. The molecule has 2 rings (SSSR count). The van der Waals surface area contributed by atoms with Crippen LogP contribution in [0.25, 0.3) is 6.08 Å². The van der Waals surface area contributed by atoms with Gasteiger partial charge in [0.1, 0.15) is 12.6 Å². The average molecular weight is 503 g/mol. The van der Waals surface area contributed by atoms with Gasteiger partial charge in [0.15, 0.2) is 11.5 Å². The molecule has 0 spiro atoms. The number of nitrogens with zero attached hydrogens (tertiary/aromatic N) is 1. The number of carbonyl (C=O) groups is 3. The van der Waals surface area contributed by atoms with Gasteiger partial charge < -0.3 is 14.2 Å². The zero-order valence-electron chi connectivity index (χ0n) is 15.0. The number of amides is 2. The fourth-order valence-corrected chi connectivity index (χ4v) is 4.04. The number of hydrogen-bond acceptors (Lipinski definition) is 7. The predicted octanol–water partition coefficient (Wildman–Crippen LogP) is 3.46. The second-order valence-corrected chi connectivity index (χ2v) is 7.54. The van der Waals surface area contributed by atoms with Crippen LogP contribution in [0.15, 0.2) is 29.7 Å². The van der Waals surface area contributed by atoms with E-state index >= 15 is 0 Å². The lowest BCUT2D eigenvalue weighted by Gasteiger charge is -2.18. The summed E-state index contributed by atoms with van der Waals surface area (Å²) in [5.41, 5.74) is 0.665. The molecule has 1 aromatic carbocycles. The van der Waals surface area contributed by atoms with Crippen molar-refractivity contribution < 1.29 is 28.6 Å². The molecule has 144 valence electrons. The minimum atomic E-state index is -0.988. The quantitative estimate of drug-likeness (QED) is 0.244. The maximum atomic E-state index is 12.6. The highest BCUT2D eigenvalue weighted by Gasteiger charge is 2.41. The Labute approximate surface area is 174 Å². The third kappa shape index (κ3) is 4.64. The molecule has 0 aromatic heterocycles. The monoisotopic (exact) mass is 503 g/mol. The summed E-state index contributed by atoms with van der Waals surface area (Å²) in [6, 6.07) is 2.52. The van der Waals surface area contributed by atoms with E-state index < -0.39 is 23.2 Å². The maximum Gasteiger partial charge on any atom is 0.328 e. The highest BCUT2D eigenvalue weighted by molar-refractivity contribution is 14.1. The van der Waals surface area contributed by atoms with Gasteiger partial charge in [0.25, 0.3) is 11.1 Å². The average Bonchev–Trinajstić information content (AvgIpc) is 2.92. The number of imide groups is 1. The van der Waals surface area contributed by atoms with Crippen LogP contribution in [0.5, 0.6) is 11.5 Å². The fraction of sp³-hybridized carbons (Fsp3) is 0.278. The second-order valence-electron chi connectivity index (χ2n) is 5.38. The fourth-order valence-electron chi connectivity index (χ4n) is 2.35. The van der Waals surface area contributed by atoms with Crippen molar-refractivity contribution in [2.75, 3.05) is 20.8 Å². The molecule has 0 bridgehead atoms. The summed E-state index contributed by atoms with van der Waals surface area (Å²) < 4.78 is 16.4. The normalized spacial score (nSPS) is 16.4. The number of carbonyl (C=O) groups excluding carboxylic acids is 3. The molecule has 0 radical (unpaired) electrons. The molecular formula is C18H18INO6S. The van der Waals surface area contributed by atoms with Crippen LogP contribution in [0, 0.1) is 3.57 Å². The van der Waals surface area contributed by atoms with Gasteiger partial charge in [-0.1, -0.05) is 12.7 Å². The van der Waals surface area contributed by atoms with Gasteiger partial charge in [0.2, 0.25) is 0 Å². The smallest absolute Gasteiger partial charge is 0.328 e. The van der Waals surface area contributed by atoms with Crippen LogP contribution in [0.4, 0.5) is 4.79 Å². The molecule has 0 unspecified atom stereocenters. The molecule has 7 nitrogen and oxygen atoms in total. The Balaban J connectivity index is 2.35. The summed E-state index contributed by atoms with van der Waals surface area (Å²) in [5, 5.41) is -0.517. The molecule has 0 saturated carbocycles. The lowest BCUT2D eigenvalue weighted by molar-refractivity contribution is -0.148. The van der Waals surface area contributed by atoms with Crippen molar-refractivity contribution in [3.05, 3.63) is 38.8 Å². The Bertz CT molecular complexity index is 822. The number of ether oxygens (including phenoxy) is 3. The summed E-state index contributed by atoms with van der Waals surface area (Å²) >= 11 is 2.87. The van der Waals surface area contributed by atoms with E-state index in [0.29, 0.717) is 23.7 Å². The van der Waals surface area contributed by atoms with Crippen molar-refractivity contribution in [2.45, 2.75) is 13.0 Å². The van der Waals surface area contributed by atoms with Crippen LogP contribution in [-0.2, 0) is 14.3 Å². The van der Waals surface area contributed by atoms with Gasteiger partial charge in [-0.2, -0.15) is 0 Å². The van der Waals surface area contributed by atoms with Crippen LogP contribution >= 0.6 is 34.4 Å². The van der Waals surface area contributed by atoms with Crippen molar-refractivity contribution >= 4 is 57.5 Å². The summed E-state index contributed by atoms with van der Waals surface area (Å²) in [4.78, 5) is 37.5. The first-order chi connectivity index (χ1) is 12.8. The third-order valence-electron chi connectivity index (χ3n) is 3.65. The standard InChI is InChI=1S/C18H18INO6S/c1-5-6-26-15-12(19)7-11(8-13(15)24-3)9-14-16(21)20(18(23)27-14)10(2)17(22)25-4/h5,7-10H,1,6H2,2-4H3/b14-9+/t10-/m1/s1. The molecule has 0 aliphatic carbocycles. The lowest BCUT2D eigenvalue weighted by Crippen LogP contribution is -2.42. The minimum Gasteiger partial charge on any atom is -0.493 e. The van der Waals surface area contributed by atoms with E-state index in [9.17, 15) is 14.4 Å². The van der Waals surface area contributed by atoms with E-state index in [1.54, 1.807) is 24.3 Å². The Morgan fingerprint density at radius 1 is 1.37 bits per heavy atom. The van der Waals surface area contributed by atoms with E-state index in [-0.39, 0.29) is 4.91 Å². The van der Waals surface area contributed by atoms with Gasteiger partial charge in [-0.05, 0) is 65.0 Å². The van der Waals surface area contributed by atoms with Crippen molar-refractivity contribution in [3.8, 4) is 11.5 Å². The maximum absolute atomic E-state index is 12.6. The van der Waals surface area contributed by atoms with Gasteiger partial charge in [-0.3, -0.25) is 14.5 Å². The molecule has 1 atom stereocenters. The number of thioether (sulfide) groups is 1. The van der Waals surface area contributed by atoms with Crippen LogP contribution in [0.1, 0.15) is 12.5 Å². The minimum absolute atomic E-state index is 0.216. The first-order valence-electron chi connectivity index (χ1n) is 7.80. The largest absolute Gasteiger partial charge is 0.493 e. The SMILES string of the molecule is C=CCOc1c(I)cc(/C=C2/SC(=O)N([C@H](C)C(=O)OC)C2=O)cc1OC. The highest BCUT2D eigenvalue weighted by atomic mass is 127. The van der Waals surface area contributed by atoms with Gasteiger partial charge >= 0.3 is 5.97 Å². The van der Waals surface area contributed by atoms with Gasteiger partial charge in [0.05, 0.1) is 22.7 Å². The molecule has 0 N–H and O–H groups in total. The topological polar surface area (TPSA) is 82.1 Å². The van der Waals surface area contributed by atoms with Crippen molar-refractivity contribution in [2.24, 2.45) is 0 Å². The van der Waals surface area contributed by atoms with E-state index in [2.05, 4.69) is 33.9 Å². The van der Waals surface area contributed by atoms with Crippen LogP contribution in [0.3, 0.4) is 0 Å². The Morgan fingerprint density at radius 3 is 2.67 bits per heavy atom. The Morgan fingerprint density at radius 2 is 2.07 bits per heavy atom. The summed E-state index contributed by atoms with van der Waals surface area (Å²) in [6.07, 6.45) is 3.21. The van der Waals surface area contributed by atoms with E-state index in [1.807, 2.05) is 0 Å². The second kappa shape index (κ2) is 9.27. The van der Waals surface area contributed by atoms with E-state index in [4.69, 9.17) is 9.47 Å². The van der Waals surface area contributed by atoms with Crippen molar-refractivity contribution in [1.82, 2.24) is 4.90 Å². The molecule has 2 amide bonds. The first-order valence-corrected chi connectivity index (χ1v) is 9.69. The van der Waals surface area contributed by atoms with Crippen molar-refractivity contribution in [1.29, 1.82) is 0 Å². The number of rotatable bonds is 7. The molecule has 1 aliphatic heterocycles. The molecule has 1 fully saturated rings. The summed E-state index contributed by atoms with van der Waals surface area (Å²) in [5.74, 6) is -0.123. The molecule has 9 heteroatoms. The van der Waals surface area contributed by atoms with Gasteiger partial charge in [-0.25, -0.2) is 4.79 Å². The molecule has 27 heavy (non-hydrogen) atoms. The number of methoxy groups -OCH3 is 2. The van der Waals surface area contributed by atoms with Crippen LogP contribution < -0.4 is 9.47 Å². The summed E-state index contributed by atoms with van der Waals surface area (Å²) in [7, 11) is 2.72.